The number of carbonyl (C=O) groups excluding carboxylic acids is 2. The van der Waals surface area contributed by atoms with E-state index >= 15 is 0 Å². The minimum atomic E-state index is -4.60. The fourth-order valence-electron chi connectivity index (χ4n) is 3.46. The zero-order valence-electron chi connectivity index (χ0n) is 18.4. The van der Waals surface area contributed by atoms with Gasteiger partial charge >= 0.3 is 6.18 Å². The van der Waals surface area contributed by atoms with Crippen molar-refractivity contribution in [1.29, 1.82) is 0 Å². The molecule has 0 aliphatic carbocycles. The van der Waals surface area contributed by atoms with Crippen molar-refractivity contribution in [2.45, 2.75) is 31.3 Å². The van der Waals surface area contributed by atoms with Crippen molar-refractivity contribution in [1.82, 2.24) is 0 Å². The van der Waals surface area contributed by atoms with Gasteiger partial charge in [0.05, 0.1) is 11.3 Å². The van der Waals surface area contributed by atoms with Gasteiger partial charge in [-0.1, -0.05) is 54.6 Å². The second kappa shape index (κ2) is 9.38. The number of benzene rings is 3. The molecule has 8 heteroatoms. The summed E-state index contributed by atoms with van der Waals surface area (Å²) in [6.45, 7) is 3.95. The summed E-state index contributed by atoms with van der Waals surface area (Å²) in [4.78, 5) is 28.3. The first-order chi connectivity index (χ1) is 16.2. The van der Waals surface area contributed by atoms with E-state index in [4.69, 9.17) is 0 Å². The fraction of sp³-hybridized carbons (Fsp3) is 0.154. The summed E-state index contributed by atoms with van der Waals surface area (Å²) in [7, 11) is 0. The third-order valence-electron chi connectivity index (χ3n) is 5.35. The van der Waals surface area contributed by atoms with E-state index in [0.29, 0.717) is 5.69 Å². The van der Waals surface area contributed by atoms with Gasteiger partial charge in [0.15, 0.2) is 0 Å². The molecule has 4 rings (SSSR count). The maximum atomic E-state index is 13.4. The summed E-state index contributed by atoms with van der Waals surface area (Å²) < 4.78 is 39.8. The Morgan fingerprint density at radius 1 is 0.912 bits per heavy atom. The van der Waals surface area contributed by atoms with Gasteiger partial charge in [-0.25, -0.2) is 4.90 Å². The van der Waals surface area contributed by atoms with E-state index in [9.17, 15) is 22.8 Å². The van der Waals surface area contributed by atoms with Crippen molar-refractivity contribution in [2.24, 2.45) is 0 Å². The number of hydrogen-bond acceptors (Lipinski definition) is 4. The lowest BCUT2D eigenvalue weighted by Gasteiger charge is -2.17. The quantitative estimate of drug-likeness (QED) is 0.404. The molecular formula is C26H21F3N2O2S. The van der Waals surface area contributed by atoms with E-state index in [1.54, 1.807) is 12.1 Å². The molecule has 2 amide bonds. The molecule has 3 aromatic rings. The number of imide groups is 1. The van der Waals surface area contributed by atoms with Crippen molar-refractivity contribution in [3.05, 3.63) is 100 Å². The van der Waals surface area contributed by atoms with Gasteiger partial charge in [0, 0.05) is 10.6 Å². The molecule has 174 valence electrons. The van der Waals surface area contributed by atoms with Crippen molar-refractivity contribution in [3.63, 3.8) is 0 Å². The van der Waals surface area contributed by atoms with Crippen molar-refractivity contribution < 1.29 is 22.8 Å². The molecule has 0 radical (unpaired) electrons. The molecule has 0 fully saturated rings. The van der Waals surface area contributed by atoms with Crippen LogP contribution in [0.2, 0.25) is 0 Å². The molecule has 3 aromatic carbocycles. The van der Waals surface area contributed by atoms with Crippen LogP contribution in [-0.2, 0) is 22.2 Å². The number of amides is 2. The van der Waals surface area contributed by atoms with Gasteiger partial charge in [-0.15, -0.1) is 0 Å². The highest BCUT2D eigenvalue weighted by molar-refractivity contribution is 8.04. The average molecular weight is 483 g/mol. The van der Waals surface area contributed by atoms with Crippen molar-refractivity contribution >= 4 is 35.0 Å². The van der Waals surface area contributed by atoms with Crippen LogP contribution in [-0.4, -0.2) is 11.8 Å². The largest absolute Gasteiger partial charge is 0.416 e. The number of rotatable bonds is 6. The van der Waals surface area contributed by atoms with Crippen LogP contribution in [0.4, 0.5) is 24.5 Å². The van der Waals surface area contributed by atoms with Crippen LogP contribution in [0.3, 0.4) is 0 Å². The topological polar surface area (TPSA) is 49.4 Å². The van der Waals surface area contributed by atoms with E-state index in [1.165, 1.54) is 12.1 Å². The third-order valence-corrected chi connectivity index (χ3v) is 6.44. The van der Waals surface area contributed by atoms with E-state index < -0.39 is 23.6 Å². The third kappa shape index (κ3) is 4.87. The number of carbonyl (C=O) groups is 2. The lowest BCUT2D eigenvalue weighted by atomic mass is 10.1. The molecule has 0 spiro atoms. The standard InChI is InChI=1S/C26H21F3N2O2S/c1-3-17-9-11-19(12-10-17)30-22-23(34-21-13-7-16(2)8-14-21)25(33)31(24(22)32)20-6-4-5-18(15-20)26(27,28)29/h4-15,30H,3H2,1-2H3. The zero-order valence-corrected chi connectivity index (χ0v) is 19.3. The Labute approximate surface area is 199 Å². The van der Waals surface area contributed by atoms with Crippen molar-refractivity contribution in [3.8, 4) is 0 Å². The molecule has 0 bridgehead atoms. The van der Waals surface area contributed by atoms with E-state index in [0.717, 1.165) is 51.2 Å². The maximum absolute atomic E-state index is 13.4. The predicted molar refractivity (Wildman–Crippen MR) is 127 cm³/mol. The normalized spacial score (nSPS) is 14.2. The van der Waals surface area contributed by atoms with Crippen LogP contribution in [0.15, 0.2) is 88.3 Å². The van der Waals surface area contributed by atoms with Gasteiger partial charge in [-0.05, 0) is 61.4 Å². The molecule has 1 N–H and O–H groups in total. The zero-order chi connectivity index (χ0) is 24.5. The van der Waals surface area contributed by atoms with Crippen LogP contribution >= 0.6 is 11.8 Å². The summed E-state index contributed by atoms with van der Waals surface area (Å²) >= 11 is 1.10. The van der Waals surface area contributed by atoms with Crippen LogP contribution in [0.25, 0.3) is 0 Å². The van der Waals surface area contributed by atoms with Gasteiger partial charge in [0.1, 0.15) is 10.6 Å². The van der Waals surface area contributed by atoms with Crippen LogP contribution in [0.1, 0.15) is 23.6 Å². The summed E-state index contributed by atoms with van der Waals surface area (Å²) in [6.07, 6.45) is -3.75. The van der Waals surface area contributed by atoms with Gasteiger partial charge < -0.3 is 5.32 Å². The van der Waals surface area contributed by atoms with E-state index in [2.05, 4.69) is 5.32 Å². The first kappa shape index (κ1) is 23.6. The SMILES string of the molecule is CCc1ccc(NC2=C(Sc3ccc(C)cc3)C(=O)N(c3cccc(C(F)(F)F)c3)C2=O)cc1. The second-order valence-electron chi connectivity index (χ2n) is 7.79. The number of nitrogens with one attached hydrogen (secondary N) is 1. The minimum absolute atomic E-state index is 0.0252. The minimum Gasteiger partial charge on any atom is -0.350 e. The Balaban J connectivity index is 1.74. The van der Waals surface area contributed by atoms with Crippen LogP contribution < -0.4 is 10.2 Å². The molecule has 4 nitrogen and oxygen atoms in total. The number of halogens is 3. The highest BCUT2D eigenvalue weighted by Gasteiger charge is 2.41. The Morgan fingerprint density at radius 3 is 2.21 bits per heavy atom. The molecule has 1 aliphatic heterocycles. The second-order valence-corrected chi connectivity index (χ2v) is 8.87. The molecule has 0 aromatic heterocycles. The predicted octanol–water partition coefficient (Wildman–Crippen LogP) is 6.57. The fourth-order valence-corrected chi connectivity index (χ4v) is 4.39. The maximum Gasteiger partial charge on any atom is 0.416 e. The van der Waals surface area contributed by atoms with Gasteiger partial charge in [0.25, 0.3) is 11.8 Å². The highest BCUT2D eigenvalue weighted by atomic mass is 32.2. The average Bonchev–Trinajstić information content (AvgIpc) is 3.04. The number of anilines is 2. The summed E-state index contributed by atoms with van der Waals surface area (Å²) in [6, 6.07) is 19.0. The van der Waals surface area contributed by atoms with Crippen molar-refractivity contribution in [2.75, 3.05) is 10.2 Å². The van der Waals surface area contributed by atoms with Gasteiger partial charge in [-0.2, -0.15) is 13.2 Å². The summed E-state index contributed by atoms with van der Waals surface area (Å²) in [5.74, 6) is -1.39. The van der Waals surface area contributed by atoms with Crippen LogP contribution in [0.5, 0.6) is 0 Å². The van der Waals surface area contributed by atoms with Gasteiger partial charge in [-0.3, -0.25) is 9.59 Å². The first-order valence-electron chi connectivity index (χ1n) is 10.6. The van der Waals surface area contributed by atoms with Gasteiger partial charge in [0.2, 0.25) is 0 Å². The van der Waals surface area contributed by atoms with E-state index in [-0.39, 0.29) is 16.3 Å². The lowest BCUT2D eigenvalue weighted by molar-refractivity contribution is -0.137. The van der Waals surface area contributed by atoms with Crippen LogP contribution in [0, 0.1) is 6.92 Å². The summed E-state index contributed by atoms with van der Waals surface area (Å²) in [5.41, 5.74) is 1.69. The molecule has 0 saturated carbocycles. The van der Waals surface area contributed by atoms with E-state index in [1.807, 2.05) is 50.2 Å². The Morgan fingerprint density at radius 2 is 1.59 bits per heavy atom. The Bertz CT molecular complexity index is 1270. The molecule has 0 unspecified atom stereocenters. The smallest absolute Gasteiger partial charge is 0.350 e. The highest BCUT2D eigenvalue weighted by Crippen LogP contribution is 2.39. The lowest BCUT2D eigenvalue weighted by Crippen LogP contribution is -2.32. The number of thioether (sulfide) groups is 1. The Kier molecular flexibility index (Phi) is 6.52. The number of nitrogens with zero attached hydrogens (tertiary/aromatic N) is 1. The molecule has 34 heavy (non-hydrogen) atoms. The number of hydrogen-bond donors (Lipinski definition) is 1. The first-order valence-corrected chi connectivity index (χ1v) is 11.4. The molecule has 1 aliphatic rings. The number of aryl methyl sites for hydroxylation is 2. The monoisotopic (exact) mass is 482 g/mol. The molecule has 0 atom stereocenters. The Hall–Kier alpha value is -3.52. The molecular weight excluding hydrogens is 461 g/mol. The molecule has 0 saturated heterocycles. The number of alkyl halides is 3. The summed E-state index contributed by atoms with van der Waals surface area (Å²) in [5, 5.41) is 3.02. The molecule has 1 heterocycles.